The zero-order chi connectivity index (χ0) is 9.97. The van der Waals surface area contributed by atoms with Crippen LogP contribution >= 0.6 is 27.3 Å². The SMILES string of the molecule is CC(CNCc1csc(Br)c1)C1CC1. The molecule has 0 bridgehead atoms. The highest BCUT2D eigenvalue weighted by atomic mass is 79.9. The van der Waals surface area contributed by atoms with Gasteiger partial charge in [-0.1, -0.05) is 6.92 Å². The second kappa shape index (κ2) is 4.77. The van der Waals surface area contributed by atoms with Crippen LogP contribution < -0.4 is 5.32 Å². The molecule has 1 atom stereocenters. The maximum absolute atomic E-state index is 3.52. The number of nitrogens with one attached hydrogen (secondary N) is 1. The number of thiophene rings is 1. The average Bonchev–Trinajstić information content (AvgIpc) is 2.92. The van der Waals surface area contributed by atoms with E-state index in [0.29, 0.717) is 0 Å². The van der Waals surface area contributed by atoms with Crippen molar-refractivity contribution in [3.8, 4) is 0 Å². The monoisotopic (exact) mass is 273 g/mol. The molecule has 2 rings (SSSR count). The van der Waals surface area contributed by atoms with Gasteiger partial charge < -0.3 is 5.32 Å². The molecule has 1 nitrogen and oxygen atoms in total. The second-order valence-corrected chi connectivity index (χ2v) is 6.50. The van der Waals surface area contributed by atoms with E-state index in [4.69, 9.17) is 0 Å². The van der Waals surface area contributed by atoms with Crippen molar-refractivity contribution >= 4 is 27.3 Å². The second-order valence-electron chi connectivity index (χ2n) is 4.20. The minimum atomic E-state index is 0.858. The van der Waals surface area contributed by atoms with E-state index in [1.807, 2.05) is 0 Å². The van der Waals surface area contributed by atoms with E-state index >= 15 is 0 Å². The zero-order valence-corrected chi connectivity index (χ0v) is 10.8. The Labute approximate surface area is 98.0 Å². The normalized spacial score (nSPS) is 18.4. The maximum Gasteiger partial charge on any atom is 0.0701 e. The molecule has 1 aromatic heterocycles. The van der Waals surface area contributed by atoms with Crippen LogP contribution in [-0.2, 0) is 6.54 Å². The molecule has 78 valence electrons. The molecule has 0 spiro atoms. The highest BCUT2D eigenvalue weighted by Gasteiger charge is 2.27. The highest BCUT2D eigenvalue weighted by Crippen LogP contribution is 2.36. The van der Waals surface area contributed by atoms with Gasteiger partial charge in [0.2, 0.25) is 0 Å². The summed E-state index contributed by atoms with van der Waals surface area (Å²) in [5, 5.41) is 5.73. The number of hydrogen-bond donors (Lipinski definition) is 1. The summed E-state index contributed by atoms with van der Waals surface area (Å²) in [6, 6.07) is 2.19. The Balaban J connectivity index is 1.67. The third-order valence-electron chi connectivity index (χ3n) is 2.84. The van der Waals surface area contributed by atoms with Crippen molar-refractivity contribution < 1.29 is 0 Å². The fourth-order valence-electron chi connectivity index (χ4n) is 1.71. The molecule has 0 aliphatic heterocycles. The van der Waals surface area contributed by atoms with Gasteiger partial charge in [-0.3, -0.25) is 0 Å². The Kier molecular flexibility index (Phi) is 3.63. The summed E-state index contributed by atoms with van der Waals surface area (Å²) in [5.74, 6) is 1.87. The van der Waals surface area contributed by atoms with Crippen molar-refractivity contribution in [2.75, 3.05) is 6.54 Å². The Hall–Kier alpha value is 0.140. The van der Waals surface area contributed by atoms with E-state index in [0.717, 1.165) is 24.9 Å². The Morgan fingerprint density at radius 3 is 3.00 bits per heavy atom. The van der Waals surface area contributed by atoms with Crippen molar-refractivity contribution in [1.82, 2.24) is 5.32 Å². The molecular formula is C11H16BrNS. The van der Waals surface area contributed by atoms with Crippen LogP contribution in [0.5, 0.6) is 0 Å². The Morgan fingerprint density at radius 2 is 2.43 bits per heavy atom. The summed E-state index contributed by atoms with van der Waals surface area (Å²) in [6.45, 7) is 4.53. The lowest BCUT2D eigenvalue weighted by Crippen LogP contribution is -2.21. The van der Waals surface area contributed by atoms with Gasteiger partial charge in [-0.15, -0.1) is 11.3 Å². The van der Waals surface area contributed by atoms with Crippen LogP contribution in [0, 0.1) is 11.8 Å². The van der Waals surface area contributed by atoms with E-state index in [2.05, 4.69) is 39.6 Å². The van der Waals surface area contributed by atoms with Crippen LogP contribution in [0.15, 0.2) is 15.2 Å². The van der Waals surface area contributed by atoms with E-state index in [9.17, 15) is 0 Å². The van der Waals surface area contributed by atoms with Crippen molar-refractivity contribution in [1.29, 1.82) is 0 Å². The lowest BCUT2D eigenvalue weighted by atomic mass is 10.1. The Bertz CT molecular complexity index is 293. The van der Waals surface area contributed by atoms with Gasteiger partial charge in [-0.05, 0) is 64.2 Å². The number of rotatable bonds is 5. The topological polar surface area (TPSA) is 12.0 Å². The van der Waals surface area contributed by atoms with Gasteiger partial charge in [0.05, 0.1) is 3.79 Å². The molecule has 1 saturated carbocycles. The van der Waals surface area contributed by atoms with Crippen molar-refractivity contribution in [2.45, 2.75) is 26.3 Å². The van der Waals surface area contributed by atoms with Crippen LogP contribution in [0.25, 0.3) is 0 Å². The molecule has 0 amide bonds. The van der Waals surface area contributed by atoms with Gasteiger partial charge in [0, 0.05) is 6.54 Å². The first-order valence-corrected chi connectivity index (χ1v) is 6.86. The minimum Gasteiger partial charge on any atom is -0.312 e. The van der Waals surface area contributed by atoms with Crippen LogP contribution in [0.4, 0.5) is 0 Å². The van der Waals surface area contributed by atoms with Crippen molar-refractivity contribution in [2.24, 2.45) is 11.8 Å². The molecule has 1 heterocycles. The molecule has 1 unspecified atom stereocenters. The molecule has 0 radical (unpaired) electrons. The standard InChI is InChI=1S/C11H16BrNS/c1-8(10-2-3-10)5-13-6-9-4-11(12)14-7-9/h4,7-8,10,13H,2-3,5-6H2,1H3. The summed E-state index contributed by atoms with van der Waals surface area (Å²) in [7, 11) is 0. The van der Waals surface area contributed by atoms with Gasteiger partial charge >= 0.3 is 0 Å². The average molecular weight is 274 g/mol. The lowest BCUT2D eigenvalue weighted by Gasteiger charge is -2.10. The highest BCUT2D eigenvalue weighted by molar-refractivity contribution is 9.11. The van der Waals surface area contributed by atoms with Crippen molar-refractivity contribution in [3.63, 3.8) is 0 Å². The fraction of sp³-hybridized carbons (Fsp3) is 0.636. The quantitative estimate of drug-likeness (QED) is 0.864. The summed E-state index contributed by atoms with van der Waals surface area (Å²) >= 11 is 5.24. The smallest absolute Gasteiger partial charge is 0.0701 e. The van der Waals surface area contributed by atoms with Gasteiger partial charge in [0.15, 0.2) is 0 Å². The summed E-state index contributed by atoms with van der Waals surface area (Å²) in [6.07, 6.45) is 2.90. The first kappa shape index (κ1) is 10.7. The van der Waals surface area contributed by atoms with Crippen molar-refractivity contribution in [3.05, 3.63) is 20.8 Å². The zero-order valence-electron chi connectivity index (χ0n) is 8.42. The molecule has 1 aliphatic rings. The molecule has 1 N–H and O–H groups in total. The third kappa shape index (κ3) is 3.07. The van der Waals surface area contributed by atoms with E-state index < -0.39 is 0 Å². The van der Waals surface area contributed by atoms with Crippen LogP contribution in [0.1, 0.15) is 25.3 Å². The molecule has 0 saturated heterocycles. The van der Waals surface area contributed by atoms with Crippen LogP contribution in [-0.4, -0.2) is 6.54 Å². The number of halogens is 1. The predicted molar refractivity (Wildman–Crippen MR) is 65.6 cm³/mol. The molecule has 0 aromatic carbocycles. The van der Waals surface area contributed by atoms with E-state index in [1.165, 1.54) is 22.2 Å². The molecule has 1 fully saturated rings. The van der Waals surface area contributed by atoms with Gasteiger partial charge in [0.25, 0.3) is 0 Å². The Morgan fingerprint density at radius 1 is 1.64 bits per heavy atom. The minimum absolute atomic E-state index is 0.858. The summed E-state index contributed by atoms with van der Waals surface area (Å²) in [5.41, 5.74) is 1.39. The molecule has 14 heavy (non-hydrogen) atoms. The maximum atomic E-state index is 3.52. The van der Waals surface area contributed by atoms with Crippen LogP contribution in [0.3, 0.4) is 0 Å². The van der Waals surface area contributed by atoms with Gasteiger partial charge in [-0.2, -0.15) is 0 Å². The summed E-state index contributed by atoms with van der Waals surface area (Å²) < 4.78 is 1.23. The molecular weight excluding hydrogens is 258 g/mol. The first-order chi connectivity index (χ1) is 6.75. The third-order valence-corrected chi connectivity index (χ3v) is 4.40. The molecule has 1 aliphatic carbocycles. The van der Waals surface area contributed by atoms with Gasteiger partial charge in [-0.25, -0.2) is 0 Å². The van der Waals surface area contributed by atoms with E-state index in [-0.39, 0.29) is 0 Å². The predicted octanol–water partition coefficient (Wildman–Crippen LogP) is 3.65. The number of hydrogen-bond acceptors (Lipinski definition) is 2. The summed E-state index contributed by atoms with van der Waals surface area (Å²) in [4.78, 5) is 0. The molecule has 1 aromatic rings. The largest absolute Gasteiger partial charge is 0.312 e. The van der Waals surface area contributed by atoms with E-state index in [1.54, 1.807) is 11.3 Å². The molecule has 3 heteroatoms. The fourth-order valence-corrected chi connectivity index (χ4v) is 2.92. The van der Waals surface area contributed by atoms with Crippen LogP contribution in [0.2, 0.25) is 0 Å². The first-order valence-electron chi connectivity index (χ1n) is 5.19. The van der Waals surface area contributed by atoms with Gasteiger partial charge in [0.1, 0.15) is 0 Å². The lowest BCUT2D eigenvalue weighted by molar-refractivity contribution is 0.462.